The molecule has 0 saturated carbocycles. The molecule has 1 N–H and O–H groups in total. The van der Waals surface area contributed by atoms with Crippen LogP contribution in [-0.4, -0.2) is 42.1 Å². The van der Waals surface area contributed by atoms with E-state index in [4.69, 9.17) is 14.2 Å². The van der Waals surface area contributed by atoms with Gasteiger partial charge in [0.2, 0.25) is 11.7 Å². The van der Waals surface area contributed by atoms with E-state index in [0.29, 0.717) is 5.56 Å². The zero-order valence-corrected chi connectivity index (χ0v) is 26.7. The third-order valence-electron chi connectivity index (χ3n) is 7.59. The number of carbonyl (C=O) groups excluding carboxylic acids is 4. The summed E-state index contributed by atoms with van der Waals surface area (Å²) in [5, 5.41) is 2.85. The monoisotopic (exact) mass is 611 g/mol. The first-order valence-electron chi connectivity index (χ1n) is 15.0. The van der Waals surface area contributed by atoms with Crippen LogP contribution in [0.15, 0.2) is 78.9 Å². The smallest absolute Gasteiger partial charge is 0.338 e. The van der Waals surface area contributed by atoms with Crippen molar-refractivity contribution < 1.29 is 33.4 Å². The second-order valence-electron chi connectivity index (χ2n) is 12.8. The Morgan fingerprint density at radius 2 is 1.73 bits per heavy atom. The molecule has 8 nitrogen and oxygen atoms in total. The fraction of sp³-hybridized carbons (Fsp3) is 0.351. The lowest BCUT2D eigenvalue weighted by molar-refractivity contribution is -0.162. The van der Waals surface area contributed by atoms with Crippen LogP contribution in [0.1, 0.15) is 68.1 Å². The normalized spacial score (nSPS) is 17.4. The number of nitrogens with one attached hydrogen (secondary N) is 1. The van der Waals surface area contributed by atoms with E-state index in [1.807, 2.05) is 107 Å². The molecule has 8 heteroatoms. The van der Waals surface area contributed by atoms with Crippen LogP contribution < -0.4 is 5.32 Å². The predicted octanol–water partition coefficient (Wildman–Crippen LogP) is 6.45. The summed E-state index contributed by atoms with van der Waals surface area (Å²) in [6.45, 7) is 10.8. The number of benzene rings is 3. The number of rotatable bonds is 11. The Labute approximate surface area is 264 Å². The van der Waals surface area contributed by atoms with Gasteiger partial charge in [0.15, 0.2) is 6.10 Å². The van der Waals surface area contributed by atoms with Gasteiger partial charge in [-0.15, -0.1) is 0 Å². The number of allylic oxidation sites excluding steroid dienone is 1. The molecule has 3 aromatic carbocycles. The fourth-order valence-corrected chi connectivity index (χ4v) is 5.23. The lowest BCUT2D eigenvalue weighted by Gasteiger charge is -2.31. The first-order chi connectivity index (χ1) is 21.3. The van der Waals surface area contributed by atoms with Crippen LogP contribution in [0.25, 0.3) is 17.2 Å². The predicted molar refractivity (Wildman–Crippen MR) is 172 cm³/mol. The minimum absolute atomic E-state index is 0.0707. The van der Waals surface area contributed by atoms with Crippen LogP contribution in [-0.2, 0) is 35.2 Å². The summed E-state index contributed by atoms with van der Waals surface area (Å²) in [7, 11) is 0. The zero-order valence-electron chi connectivity index (χ0n) is 26.7. The number of cyclic esters (lactones) is 1. The molecular weight excluding hydrogens is 570 g/mol. The number of ether oxygens (including phenoxy) is 3. The molecule has 1 aliphatic rings. The standard InChI is InChI=1S/C37H41NO7/c1-24-20-25(18-19-29(24)28-16-10-15-27(21-28)22-39)14-11-17-30(31-34(41)45-37(5,6)44-31)33(40)38-32(36(2,3)4)35(42)43-23-26-12-8-7-9-13-26/h7-16,18-22,30-32H,17,23H2,1-6H3,(H,38,40)/b14-11+/t30?,31-,32+/m0/s1. The second-order valence-corrected chi connectivity index (χ2v) is 12.8. The van der Waals surface area contributed by atoms with Crippen molar-refractivity contribution in [3.63, 3.8) is 0 Å². The van der Waals surface area contributed by atoms with Crippen LogP contribution in [0, 0.1) is 18.3 Å². The molecule has 0 radical (unpaired) electrons. The molecule has 1 unspecified atom stereocenters. The van der Waals surface area contributed by atoms with Gasteiger partial charge in [0.05, 0.1) is 5.92 Å². The minimum atomic E-state index is -1.18. The number of esters is 2. The number of hydrogen-bond donors (Lipinski definition) is 1. The summed E-state index contributed by atoms with van der Waals surface area (Å²) < 4.78 is 16.8. The lowest BCUT2D eigenvalue weighted by atomic mass is 9.85. The Hall–Kier alpha value is -4.56. The molecule has 1 amide bonds. The van der Waals surface area contributed by atoms with Gasteiger partial charge >= 0.3 is 11.9 Å². The molecule has 0 bridgehead atoms. The lowest BCUT2D eigenvalue weighted by Crippen LogP contribution is -2.53. The maximum Gasteiger partial charge on any atom is 0.338 e. The molecule has 1 fully saturated rings. The topological polar surface area (TPSA) is 108 Å². The molecule has 3 atom stereocenters. The van der Waals surface area contributed by atoms with Gasteiger partial charge in [0.25, 0.3) is 0 Å². The van der Waals surface area contributed by atoms with E-state index in [2.05, 4.69) is 5.32 Å². The molecular formula is C37H41NO7. The van der Waals surface area contributed by atoms with Gasteiger partial charge in [0.1, 0.15) is 18.9 Å². The number of aldehydes is 1. The fourth-order valence-electron chi connectivity index (χ4n) is 5.23. The number of amides is 1. The quantitative estimate of drug-likeness (QED) is 0.196. The molecule has 3 aromatic rings. The van der Waals surface area contributed by atoms with Gasteiger partial charge in [-0.1, -0.05) is 99.7 Å². The third-order valence-corrected chi connectivity index (χ3v) is 7.59. The van der Waals surface area contributed by atoms with Crippen LogP contribution in [0.3, 0.4) is 0 Å². The SMILES string of the molecule is Cc1cc(/C=C/CC(C(=O)N[C@H](C(=O)OCc2ccccc2)C(C)(C)C)[C@@H]2OC(C)(C)OC2=O)ccc1-c1cccc(C=O)c1. The molecule has 0 aromatic heterocycles. The summed E-state index contributed by atoms with van der Waals surface area (Å²) in [5.74, 6) is -3.87. The summed E-state index contributed by atoms with van der Waals surface area (Å²) in [6.07, 6.45) is 3.51. The number of aryl methyl sites for hydroxylation is 1. The van der Waals surface area contributed by atoms with Crippen molar-refractivity contribution in [3.8, 4) is 11.1 Å². The van der Waals surface area contributed by atoms with Crippen LogP contribution in [0.4, 0.5) is 0 Å². The average molecular weight is 612 g/mol. The van der Waals surface area contributed by atoms with Crippen molar-refractivity contribution in [2.75, 3.05) is 0 Å². The van der Waals surface area contributed by atoms with Crippen molar-refractivity contribution in [1.82, 2.24) is 5.32 Å². The van der Waals surface area contributed by atoms with Gasteiger partial charge < -0.3 is 19.5 Å². The molecule has 45 heavy (non-hydrogen) atoms. The summed E-state index contributed by atoms with van der Waals surface area (Å²) in [4.78, 5) is 51.1. The minimum Gasteiger partial charge on any atom is -0.459 e. The molecule has 0 spiro atoms. The number of carbonyl (C=O) groups is 4. The van der Waals surface area contributed by atoms with E-state index in [9.17, 15) is 19.2 Å². The van der Waals surface area contributed by atoms with Crippen molar-refractivity contribution in [3.05, 3.63) is 101 Å². The molecule has 0 aliphatic carbocycles. The largest absolute Gasteiger partial charge is 0.459 e. The third kappa shape index (κ3) is 8.76. The van der Waals surface area contributed by atoms with Crippen molar-refractivity contribution in [1.29, 1.82) is 0 Å². The Morgan fingerprint density at radius 1 is 1.00 bits per heavy atom. The highest BCUT2D eigenvalue weighted by Crippen LogP contribution is 2.31. The van der Waals surface area contributed by atoms with E-state index in [0.717, 1.165) is 34.1 Å². The first-order valence-corrected chi connectivity index (χ1v) is 15.0. The molecule has 1 heterocycles. The molecule has 236 valence electrons. The van der Waals surface area contributed by atoms with Crippen molar-refractivity contribution in [2.24, 2.45) is 11.3 Å². The van der Waals surface area contributed by atoms with Gasteiger partial charge in [-0.2, -0.15) is 0 Å². The molecule has 4 rings (SSSR count). The maximum atomic E-state index is 13.8. The van der Waals surface area contributed by atoms with Gasteiger partial charge in [-0.25, -0.2) is 9.59 Å². The van der Waals surface area contributed by atoms with E-state index < -0.39 is 47.1 Å². The summed E-state index contributed by atoms with van der Waals surface area (Å²) >= 11 is 0. The van der Waals surface area contributed by atoms with Crippen molar-refractivity contribution in [2.45, 2.75) is 72.5 Å². The van der Waals surface area contributed by atoms with E-state index >= 15 is 0 Å². The van der Waals surface area contributed by atoms with E-state index in [1.54, 1.807) is 19.9 Å². The summed E-state index contributed by atoms with van der Waals surface area (Å²) in [5.41, 5.74) is 4.62. The van der Waals surface area contributed by atoms with Crippen LogP contribution >= 0.6 is 0 Å². The maximum absolute atomic E-state index is 13.8. The zero-order chi connectivity index (χ0) is 32.8. The Bertz CT molecular complexity index is 1570. The van der Waals surface area contributed by atoms with E-state index in [-0.39, 0.29) is 13.0 Å². The Morgan fingerprint density at radius 3 is 2.36 bits per heavy atom. The molecule has 1 aliphatic heterocycles. The van der Waals surface area contributed by atoms with Gasteiger partial charge in [-0.3, -0.25) is 9.59 Å². The highest BCUT2D eigenvalue weighted by molar-refractivity contribution is 5.91. The Balaban J connectivity index is 1.52. The second kappa shape index (κ2) is 14.0. The van der Waals surface area contributed by atoms with Crippen molar-refractivity contribution >= 4 is 30.2 Å². The van der Waals surface area contributed by atoms with Gasteiger partial charge in [0, 0.05) is 19.4 Å². The Kier molecular flexibility index (Phi) is 10.4. The highest BCUT2D eigenvalue weighted by atomic mass is 16.8. The molecule has 1 saturated heterocycles. The average Bonchev–Trinajstić information content (AvgIpc) is 3.27. The highest BCUT2D eigenvalue weighted by Gasteiger charge is 2.48. The van der Waals surface area contributed by atoms with Crippen LogP contribution in [0.2, 0.25) is 0 Å². The van der Waals surface area contributed by atoms with Crippen LogP contribution in [0.5, 0.6) is 0 Å². The summed E-state index contributed by atoms with van der Waals surface area (Å²) in [6, 6.07) is 21.7. The first kappa shape index (κ1) is 33.3. The van der Waals surface area contributed by atoms with E-state index in [1.165, 1.54) is 0 Å². The number of hydrogen-bond acceptors (Lipinski definition) is 7. The van der Waals surface area contributed by atoms with Gasteiger partial charge in [-0.05, 0) is 52.6 Å².